The van der Waals surface area contributed by atoms with Crippen molar-refractivity contribution in [2.24, 2.45) is 0 Å². The molecule has 1 aliphatic heterocycles. The van der Waals surface area contributed by atoms with E-state index in [9.17, 15) is 4.79 Å². The van der Waals surface area contributed by atoms with Crippen LogP contribution >= 0.6 is 15.9 Å². The predicted octanol–water partition coefficient (Wildman–Crippen LogP) is 3.26. The summed E-state index contributed by atoms with van der Waals surface area (Å²) in [5.74, 6) is -0.0458. The van der Waals surface area contributed by atoms with Crippen molar-refractivity contribution in [1.29, 1.82) is 0 Å². The fourth-order valence-corrected chi connectivity index (χ4v) is 2.32. The molecule has 0 saturated carbocycles. The fraction of sp³-hybridized carbons (Fsp3) is 0.462. The summed E-state index contributed by atoms with van der Waals surface area (Å²) in [6.07, 6.45) is 1.65. The number of benzene rings is 1. The van der Waals surface area contributed by atoms with Crippen molar-refractivity contribution < 1.29 is 9.53 Å². The molecule has 1 amide bonds. The Balaban J connectivity index is 2.06. The van der Waals surface area contributed by atoms with Crippen LogP contribution in [0.5, 0.6) is 0 Å². The molecule has 3 nitrogen and oxygen atoms in total. The quantitative estimate of drug-likeness (QED) is 0.910. The lowest BCUT2D eigenvalue weighted by Gasteiger charge is -2.13. The lowest BCUT2D eigenvalue weighted by atomic mass is 10.1. The first kappa shape index (κ1) is 12.6. The van der Waals surface area contributed by atoms with Gasteiger partial charge in [-0.1, -0.05) is 22.0 Å². The molecule has 1 aromatic carbocycles. The third-order valence-electron chi connectivity index (χ3n) is 3.05. The Bertz CT molecular complexity index is 433. The standard InChI is InChI=1S/C13H16BrNO2/c1-8-6-7-12(17-8)13(16)15-11-5-3-4-10(14)9(11)2/h3-5,8,12H,6-7H2,1-2H3,(H,15,16). The zero-order chi connectivity index (χ0) is 12.4. The molecule has 0 bridgehead atoms. The third kappa shape index (κ3) is 2.87. The Labute approximate surface area is 110 Å². The summed E-state index contributed by atoms with van der Waals surface area (Å²) in [5.41, 5.74) is 1.87. The van der Waals surface area contributed by atoms with Crippen molar-refractivity contribution in [3.05, 3.63) is 28.2 Å². The van der Waals surface area contributed by atoms with Gasteiger partial charge in [-0.05, 0) is 44.4 Å². The maximum atomic E-state index is 12.0. The Morgan fingerprint density at radius 2 is 2.24 bits per heavy atom. The number of hydrogen-bond acceptors (Lipinski definition) is 2. The van der Waals surface area contributed by atoms with Gasteiger partial charge in [-0.3, -0.25) is 4.79 Å². The highest BCUT2D eigenvalue weighted by Gasteiger charge is 2.28. The minimum Gasteiger partial charge on any atom is -0.365 e. The van der Waals surface area contributed by atoms with Crippen LogP contribution in [0.2, 0.25) is 0 Å². The summed E-state index contributed by atoms with van der Waals surface area (Å²) >= 11 is 3.45. The van der Waals surface area contributed by atoms with Crippen molar-refractivity contribution in [1.82, 2.24) is 0 Å². The molecule has 4 heteroatoms. The molecule has 2 rings (SSSR count). The second-order valence-electron chi connectivity index (χ2n) is 4.41. The fourth-order valence-electron chi connectivity index (χ4n) is 1.95. The number of amides is 1. The van der Waals surface area contributed by atoms with Crippen LogP contribution in [0.1, 0.15) is 25.3 Å². The van der Waals surface area contributed by atoms with Crippen molar-refractivity contribution in [3.63, 3.8) is 0 Å². The normalized spacial score (nSPS) is 23.7. The number of anilines is 1. The topological polar surface area (TPSA) is 38.3 Å². The van der Waals surface area contributed by atoms with Gasteiger partial charge in [0, 0.05) is 10.2 Å². The lowest BCUT2D eigenvalue weighted by Crippen LogP contribution is -2.28. The number of nitrogens with one attached hydrogen (secondary N) is 1. The van der Waals surface area contributed by atoms with Crippen molar-refractivity contribution in [2.45, 2.75) is 38.9 Å². The summed E-state index contributed by atoms with van der Waals surface area (Å²) in [4.78, 5) is 12.0. The molecule has 0 aliphatic carbocycles. The minimum atomic E-state index is -0.302. The first-order valence-electron chi connectivity index (χ1n) is 5.79. The van der Waals surface area contributed by atoms with Gasteiger partial charge < -0.3 is 10.1 Å². The van der Waals surface area contributed by atoms with E-state index in [0.717, 1.165) is 28.6 Å². The smallest absolute Gasteiger partial charge is 0.253 e. The molecule has 0 spiro atoms. The SMILES string of the molecule is Cc1c(Br)cccc1NC(=O)C1CCC(C)O1. The van der Waals surface area contributed by atoms with Crippen LogP contribution in [0.4, 0.5) is 5.69 Å². The zero-order valence-corrected chi connectivity index (χ0v) is 11.6. The van der Waals surface area contributed by atoms with Gasteiger partial charge in [0.25, 0.3) is 5.91 Å². The van der Waals surface area contributed by atoms with Gasteiger partial charge in [0.1, 0.15) is 6.10 Å². The third-order valence-corrected chi connectivity index (χ3v) is 3.91. The monoisotopic (exact) mass is 297 g/mol. The van der Waals surface area contributed by atoms with Gasteiger partial charge in [-0.2, -0.15) is 0 Å². The molecule has 1 aliphatic rings. The van der Waals surface area contributed by atoms with Crippen LogP contribution in [-0.4, -0.2) is 18.1 Å². The van der Waals surface area contributed by atoms with E-state index in [2.05, 4.69) is 21.2 Å². The van der Waals surface area contributed by atoms with Crippen LogP contribution in [0.15, 0.2) is 22.7 Å². The molecule has 1 fully saturated rings. The van der Waals surface area contributed by atoms with Crippen LogP contribution in [0.3, 0.4) is 0 Å². The van der Waals surface area contributed by atoms with E-state index in [0.29, 0.717) is 0 Å². The van der Waals surface area contributed by atoms with Crippen molar-refractivity contribution in [3.8, 4) is 0 Å². The Hall–Kier alpha value is -0.870. The maximum Gasteiger partial charge on any atom is 0.253 e. The molecule has 17 heavy (non-hydrogen) atoms. The summed E-state index contributed by atoms with van der Waals surface area (Å²) in [6, 6.07) is 5.76. The molecule has 92 valence electrons. The Kier molecular flexibility index (Phi) is 3.84. The minimum absolute atomic E-state index is 0.0458. The molecular weight excluding hydrogens is 282 g/mol. The second kappa shape index (κ2) is 5.19. The zero-order valence-electron chi connectivity index (χ0n) is 10.00. The average Bonchev–Trinajstić information content (AvgIpc) is 2.72. The summed E-state index contributed by atoms with van der Waals surface area (Å²) in [7, 11) is 0. The van der Waals surface area contributed by atoms with Gasteiger partial charge in [-0.25, -0.2) is 0 Å². The van der Waals surface area contributed by atoms with E-state index in [1.54, 1.807) is 0 Å². The van der Waals surface area contributed by atoms with Gasteiger partial charge in [0.15, 0.2) is 0 Å². The molecule has 0 aromatic heterocycles. The first-order valence-corrected chi connectivity index (χ1v) is 6.58. The molecule has 1 saturated heterocycles. The molecule has 0 radical (unpaired) electrons. The lowest BCUT2D eigenvalue weighted by molar-refractivity contribution is -0.126. The second-order valence-corrected chi connectivity index (χ2v) is 5.27. The molecule has 2 atom stereocenters. The van der Waals surface area contributed by atoms with Gasteiger partial charge >= 0.3 is 0 Å². The molecule has 2 unspecified atom stereocenters. The van der Waals surface area contributed by atoms with Gasteiger partial charge in [0.05, 0.1) is 6.10 Å². The highest BCUT2D eigenvalue weighted by molar-refractivity contribution is 9.10. The first-order chi connectivity index (χ1) is 8.08. The Morgan fingerprint density at radius 3 is 2.88 bits per heavy atom. The van der Waals surface area contributed by atoms with Crippen LogP contribution in [0, 0.1) is 6.92 Å². The molecular formula is C13H16BrNO2. The van der Waals surface area contributed by atoms with Crippen LogP contribution < -0.4 is 5.32 Å². The molecule has 1 heterocycles. The predicted molar refractivity (Wildman–Crippen MR) is 71.1 cm³/mol. The summed E-state index contributed by atoms with van der Waals surface area (Å²) in [6.45, 7) is 3.97. The van der Waals surface area contributed by atoms with Crippen LogP contribution in [0.25, 0.3) is 0 Å². The van der Waals surface area contributed by atoms with Crippen molar-refractivity contribution >= 4 is 27.5 Å². The number of carbonyl (C=O) groups is 1. The van der Waals surface area contributed by atoms with E-state index in [1.807, 2.05) is 32.0 Å². The number of halogens is 1. The van der Waals surface area contributed by atoms with E-state index in [4.69, 9.17) is 4.74 Å². The van der Waals surface area contributed by atoms with Crippen molar-refractivity contribution in [2.75, 3.05) is 5.32 Å². The summed E-state index contributed by atoms with van der Waals surface area (Å²) in [5, 5.41) is 2.92. The largest absolute Gasteiger partial charge is 0.365 e. The van der Waals surface area contributed by atoms with Gasteiger partial charge in [-0.15, -0.1) is 0 Å². The average molecular weight is 298 g/mol. The maximum absolute atomic E-state index is 12.0. The molecule has 1 N–H and O–H groups in total. The van der Waals surface area contributed by atoms with E-state index in [-0.39, 0.29) is 18.1 Å². The van der Waals surface area contributed by atoms with E-state index < -0.39 is 0 Å². The van der Waals surface area contributed by atoms with Gasteiger partial charge in [0.2, 0.25) is 0 Å². The van der Waals surface area contributed by atoms with E-state index in [1.165, 1.54) is 0 Å². The Morgan fingerprint density at radius 1 is 1.47 bits per heavy atom. The van der Waals surface area contributed by atoms with Crippen LogP contribution in [-0.2, 0) is 9.53 Å². The number of hydrogen-bond donors (Lipinski definition) is 1. The highest BCUT2D eigenvalue weighted by Crippen LogP contribution is 2.25. The molecule has 1 aromatic rings. The number of rotatable bonds is 2. The summed E-state index contributed by atoms with van der Waals surface area (Å²) < 4.78 is 6.54. The number of ether oxygens (including phenoxy) is 1. The highest BCUT2D eigenvalue weighted by atomic mass is 79.9. The van der Waals surface area contributed by atoms with E-state index >= 15 is 0 Å². The number of carbonyl (C=O) groups excluding carboxylic acids is 1.